The standard InChI is InChI=1S/C20H23N5O/c1-2-5-17-15(4-1)6-11-26-19(17)14-24-10-8-22-20(24)18-12-16-13-21-7-3-9-25(16)23-18/h1-2,4-5,8,10,12,19,21H,3,6-7,9,11,13-14H2/t19-/m1/s1. The number of hydrogen-bond acceptors (Lipinski definition) is 4. The molecule has 0 radical (unpaired) electrons. The van der Waals surface area contributed by atoms with Gasteiger partial charge >= 0.3 is 0 Å². The van der Waals surface area contributed by atoms with Gasteiger partial charge in [-0.05, 0) is 36.6 Å². The number of fused-ring (bicyclic) bond motifs is 2. The molecule has 0 unspecified atom stereocenters. The summed E-state index contributed by atoms with van der Waals surface area (Å²) in [5, 5.41) is 8.25. The molecule has 0 saturated carbocycles. The summed E-state index contributed by atoms with van der Waals surface area (Å²) in [6, 6.07) is 10.7. The molecule has 26 heavy (non-hydrogen) atoms. The second-order valence-electron chi connectivity index (χ2n) is 6.99. The average molecular weight is 349 g/mol. The Morgan fingerprint density at radius 1 is 1.27 bits per heavy atom. The van der Waals surface area contributed by atoms with E-state index in [0.717, 1.165) is 57.1 Å². The van der Waals surface area contributed by atoms with E-state index < -0.39 is 0 Å². The molecular formula is C20H23N5O. The largest absolute Gasteiger partial charge is 0.371 e. The second kappa shape index (κ2) is 6.70. The van der Waals surface area contributed by atoms with Gasteiger partial charge in [-0.25, -0.2) is 4.98 Å². The minimum atomic E-state index is 0.0648. The van der Waals surface area contributed by atoms with Crippen molar-refractivity contribution < 1.29 is 4.74 Å². The minimum absolute atomic E-state index is 0.0648. The second-order valence-corrected chi connectivity index (χ2v) is 6.99. The van der Waals surface area contributed by atoms with Crippen LogP contribution in [0.3, 0.4) is 0 Å². The van der Waals surface area contributed by atoms with Crippen LogP contribution in [0.5, 0.6) is 0 Å². The zero-order valence-electron chi connectivity index (χ0n) is 14.8. The van der Waals surface area contributed by atoms with E-state index >= 15 is 0 Å². The summed E-state index contributed by atoms with van der Waals surface area (Å²) in [5.74, 6) is 0.914. The van der Waals surface area contributed by atoms with Crippen LogP contribution in [-0.2, 0) is 30.8 Å². The third kappa shape index (κ3) is 2.85. The summed E-state index contributed by atoms with van der Waals surface area (Å²) in [6.45, 7) is 4.41. The molecular weight excluding hydrogens is 326 g/mol. The summed E-state index contributed by atoms with van der Waals surface area (Å²) in [4.78, 5) is 4.59. The zero-order valence-corrected chi connectivity index (χ0v) is 14.8. The van der Waals surface area contributed by atoms with Crippen LogP contribution in [0.15, 0.2) is 42.7 Å². The summed E-state index contributed by atoms with van der Waals surface area (Å²) in [5.41, 5.74) is 4.86. The highest BCUT2D eigenvalue weighted by Gasteiger charge is 2.23. The molecule has 6 heteroatoms. The predicted octanol–water partition coefficient (Wildman–Crippen LogP) is 2.55. The predicted molar refractivity (Wildman–Crippen MR) is 98.6 cm³/mol. The first-order chi connectivity index (χ1) is 12.9. The van der Waals surface area contributed by atoms with Crippen molar-refractivity contribution in [2.24, 2.45) is 0 Å². The maximum Gasteiger partial charge on any atom is 0.160 e. The van der Waals surface area contributed by atoms with Crippen molar-refractivity contribution in [3.63, 3.8) is 0 Å². The molecule has 0 amide bonds. The van der Waals surface area contributed by atoms with Gasteiger partial charge < -0.3 is 14.6 Å². The molecule has 4 heterocycles. The number of imidazole rings is 1. The van der Waals surface area contributed by atoms with Crippen LogP contribution in [0.25, 0.3) is 11.5 Å². The van der Waals surface area contributed by atoms with Crippen molar-refractivity contribution in [3.8, 4) is 11.5 Å². The minimum Gasteiger partial charge on any atom is -0.371 e. The van der Waals surface area contributed by atoms with Crippen LogP contribution >= 0.6 is 0 Å². The molecule has 0 saturated heterocycles. The van der Waals surface area contributed by atoms with Crippen molar-refractivity contribution >= 4 is 0 Å². The fourth-order valence-corrected chi connectivity index (χ4v) is 3.97. The first-order valence-electron chi connectivity index (χ1n) is 9.37. The van der Waals surface area contributed by atoms with Crippen molar-refractivity contribution in [2.75, 3.05) is 13.2 Å². The Hall–Kier alpha value is -2.44. The Balaban J connectivity index is 1.44. The Kier molecular flexibility index (Phi) is 4.07. The Labute approximate surface area is 152 Å². The van der Waals surface area contributed by atoms with Crippen LogP contribution in [0.2, 0.25) is 0 Å². The monoisotopic (exact) mass is 349 g/mol. The van der Waals surface area contributed by atoms with Gasteiger partial charge in [0.25, 0.3) is 0 Å². The fourth-order valence-electron chi connectivity index (χ4n) is 3.97. The quantitative estimate of drug-likeness (QED) is 0.790. The molecule has 2 aromatic heterocycles. The summed E-state index contributed by atoms with van der Waals surface area (Å²) < 4.78 is 10.4. The van der Waals surface area contributed by atoms with Gasteiger partial charge in [-0.2, -0.15) is 5.10 Å². The van der Waals surface area contributed by atoms with Crippen molar-refractivity contribution in [2.45, 2.75) is 38.6 Å². The molecule has 2 aliphatic heterocycles. The van der Waals surface area contributed by atoms with Crippen LogP contribution in [-0.4, -0.2) is 32.5 Å². The third-order valence-electron chi connectivity index (χ3n) is 5.29. The van der Waals surface area contributed by atoms with Crippen molar-refractivity contribution in [3.05, 3.63) is 59.5 Å². The molecule has 3 aromatic rings. The molecule has 1 atom stereocenters. The van der Waals surface area contributed by atoms with E-state index in [1.807, 2.05) is 12.4 Å². The lowest BCUT2D eigenvalue weighted by molar-refractivity contribution is 0.0309. The normalized spacial score (nSPS) is 19.6. The molecule has 0 spiro atoms. The first kappa shape index (κ1) is 15.8. The first-order valence-corrected chi connectivity index (χ1v) is 9.37. The van der Waals surface area contributed by atoms with Crippen molar-refractivity contribution in [1.82, 2.24) is 24.6 Å². The smallest absolute Gasteiger partial charge is 0.160 e. The number of aromatic nitrogens is 4. The number of ether oxygens (including phenoxy) is 1. The van der Waals surface area contributed by atoms with Gasteiger partial charge in [0.2, 0.25) is 0 Å². The lowest BCUT2D eigenvalue weighted by Gasteiger charge is -2.26. The van der Waals surface area contributed by atoms with Crippen molar-refractivity contribution in [1.29, 1.82) is 0 Å². The van der Waals surface area contributed by atoms with E-state index in [1.54, 1.807) is 0 Å². The summed E-state index contributed by atoms with van der Waals surface area (Å²) in [7, 11) is 0. The number of hydrogen-bond donors (Lipinski definition) is 1. The zero-order chi connectivity index (χ0) is 17.3. The number of benzene rings is 1. The van der Waals surface area contributed by atoms with Gasteiger partial charge in [0.1, 0.15) is 11.8 Å². The summed E-state index contributed by atoms with van der Waals surface area (Å²) >= 11 is 0. The fraction of sp³-hybridized carbons (Fsp3) is 0.400. The van der Waals surface area contributed by atoms with E-state index in [9.17, 15) is 0 Å². The van der Waals surface area contributed by atoms with Gasteiger partial charge in [-0.3, -0.25) is 4.68 Å². The molecule has 1 N–H and O–H groups in total. The van der Waals surface area contributed by atoms with Crippen LogP contribution in [0.1, 0.15) is 29.3 Å². The molecule has 0 aliphatic carbocycles. The highest BCUT2D eigenvalue weighted by molar-refractivity contribution is 5.50. The van der Waals surface area contributed by atoms with E-state index in [1.165, 1.54) is 16.8 Å². The van der Waals surface area contributed by atoms with Gasteiger partial charge in [-0.1, -0.05) is 24.3 Å². The highest BCUT2D eigenvalue weighted by atomic mass is 16.5. The Morgan fingerprint density at radius 2 is 2.23 bits per heavy atom. The highest BCUT2D eigenvalue weighted by Crippen LogP contribution is 2.30. The van der Waals surface area contributed by atoms with Crippen LogP contribution < -0.4 is 5.32 Å². The molecule has 0 fully saturated rings. The van der Waals surface area contributed by atoms with E-state index in [4.69, 9.17) is 9.84 Å². The topological polar surface area (TPSA) is 56.9 Å². The van der Waals surface area contributed by atoms with E-state index in [0.29, 0.717) is 0 Å². The Morgan fingerprint density at radius 3 is 3.23 bits per heavy atom. The van der Waals surface area contributed by atoms with Crippen LogP contribution in [0.4, 0.5) is 0 Å². The lowest BCUT2D eigenvalue weighted by atomic mass is 9.97. The summed E-state index contributed by atoms with van der Waals surface area (Å²) in [6.07, 6.45) is 6.04. The third-order valence-corrected chi connectivity index (χ3v) is 5.29. The molecule has 6 nitrogen and oxygen atoms in total. The van der Waals surface area contributed by atoms with Gasteiger partial charge in [0.05, 0.1) is 18.8 Å². The number of nitrogens with zero attached hydrogens (tertiary/aromatic N) is 4. The Bertz CT molecular complexity index is 889. The maximum atomic E-state index is 6.08. The molecule has 0 bridgehead atoms. The molecule has 1 aromatic carbocycles. The number of rotatable bonds is 3. The SMILES string of the molecule is c1ccc2c(c1)CCO[C@@H]2Cn1ccnc1-c1cc2n(n1)CCCNC2. The molecule has 5 rings (SSSR count). The van der Waals surface area contributed by atoms with E-state index in [-0.39, 0.29) is 6.10 Å². The van der Waals surface area contributed by atoms with Crippen LogP contribution in [0, 0.1) is 0 Å². The van der Waals surface area contributed by atoms with Gasteiger partial charge in [0, 0.05) is 25.5 Å². The van der Waals surface area contributed by atoms with Gasteiger partial charge in [0.15, 0.2) is 5.82 Å². The number of aryl methyl sites for hydroxylation is 1. The average Bonchev–Trinajstić information content (AvgIpc) is 3.23. The lowest BCUT2D eigenvalue weighted by Crippen LogP contribution is -2.20. The molecule has 134 valence electrons. The van der Waals surface area contributed by atoms with Gasteiger partial charge in [-0.15, -0.1) is 0 Å². The molecule has 2 aliphatic rings. The maximum absolute atomic E-state index is 6.08. The van der Waals surface area contributed by atoms with E-state index in [2.05, 4.69) is 49.9 Å². The number of nitrogens with one attached hydrogen (secondary N) is 1.